The molecule has 128 valence electrons. The summed E-state index contributed by atoms with van der Waals surface area (Å²) in [4.78, 5) is 24.5. The molecule has 0 saturated carbocycles. The van der Waals surface area contributed by atoms with Crippen LogP contribution in [0.25, 0.3) is 0 Å². The van der Waals surface area contributed by atoms with E-state index >= 15 is 0 Å². The number of nitrogens with zero attached hydrogens (tertiary/aromatic N) is 2. The molecule has 10 heteroatoms. The number of hydrogen-bond acceptors (Lipinski definition) is 6. The number of rotatable bonds is 5. The molecule has 0 aliphatic carbocycles. The smallest absolute Gasteiger partial charge is 0.308 e. The Bertz CT molecular complexity index is 707. The van der Waals surface area contributed by atoms with E-state index in [1.165, 1.54) is 25.7 Å². The number of aromatic nitrogens is 1. The number of likely N-dealkylation sites (tertiary alicyclic amines) is 1. The Morgan fingerprint density at radius 2 is 2.09 bits per heavy atom. The van der Waals surface area contributed by atoms with Crippen molar-refractivity contribution in [1.29, 1.82) is 0 Å². The van der Waals surface area contributed by atoms with Gasteiger partial charge in [-0.05, 0) is 27.2 Å². The summed E-state index contributed by atoms with van der Waals surface area (Å²) >= 11 is 0. The Balaban J connectivity index is 2.08. The Labute approximate surface area is 133 Å². The van der Waals surface area contributed by atoms with E-state index in [1.54, 1.807) is 0 Å². The number of carbonyl (C=O) groups excluding carboxylic acids is 1. The quantitative estimate of drug-likeness (QED) is 0.761. The first-order valence-electron chi connectivity index (χ1n) is 7.10. The molecule has 1 aliphatic rings. The Kier molecular flexibility index (Phi) is 4.76. The maximum atomic E-state index is 12.4. The first-order valence-corrected chi connectivity index (χ1v) is 8.58. The molecule has 1 aromatic rings. The molecule has 0 spiro atoms. The molecule has 1 amide bonds. The van der Waals surface area contributed by atoms with Gasteiger partial charge in [0.2, 0.25) is 15.9 Å². The van der Waals surface area contributed by atoms with Gasteiger partial charge < -0.3 is 14.5 Å². The van der Waals surface area contributed by atoms with Crippen molar-refractivity contribution >= 4 is 21.9 Å². The van der Waals surface area contributed by atoms with Crippen LogP contribution in [0.1, 0.15) is 24.8 Å². The van der Waals surface area contributed by atoms with Crippen molar-refractivity contribution < 1.29 is 27.6 Å². The summed E-state index contributed by atoms with van der Waals surface area (Å²) in [6.07, 6.45) is 0.365. The third-order valence-electron chi connectivity index (χ3n) is 3.79. The van der Waals surface area contributed by atoms with Gasteiger partial charge in [-0.15, -0.1) is 0 Å². The highest BCUT2D eigenvalue weighted by Gasteiger charge is 2.35. The van der Waals surface area contributed by atoms with E-state index in [2.05, 4.69) is 9.88 Å². The van der Waals surface area contributed by atoms with E-state index in [1.807, 2.05) is 0 Å². The van der Waals surface area contributed by atoms with Gasteiger partial charge in [-0.2, -0.15) is 4.72 Å². The SMILES string of the molecule is Cc1noc(C)c1S(=O)(=O)NC(C)C(=O)N1CCC(C(=O)O)C1. The molecule has 2 heterocycles. The van der Waals surface area contributed by atoms with Gasteiger partial charge in [0.05, 0.1) is 12.0 Å². The molecule has 0 bridgehead atoms. The Morgan fingerprint density at radius 3 is 2.57 bits per heavy atom. The number of carboxylic acids is 1. The van der Waals surface area contributed by atoms with Crippen molar-refractivity contribution in [3.05, 3.63) is 11.5 Å². The Hall–Kier alpha value is -1.94. The summed E-state index contributed by atoms with van der Waals surface area (Å²) in [6.45, 7) is 4.78. The highest BCUT2D eigenvalue weighted by atomic mass is 32.2. The second-order valence-electron chi connectivity index (χ2n) is 5.60. The van der Waals surface area contributed by atoms with Crippen LogP contribution in [0.4, 0.5) is 0 Å². The van der Waals surface area contributed by atoms with Gasteiger partial charge in [-0.3, -0.25) is 9.59 Å². The monoisotopic (exact) mass is 345 g/mol. The molecule has 0 radical (unpaired) electrons. The van der Waals surface area contributed by atoms with Crippen LogP contribution >= 0.6 is 0 Å². The average molecular weight is 345 g/mol. The van der Waals surface area contributed by atoms with E-state index < -0.39 is 33.9 Å². The van der Waals surface area contributed by atoms with Crippen LogP contribution in [0.5, 0.6) is 0 Å². The third kappa shape index (κ3) is 3.53. The minimum Gasteiger partial charge on any atom is -0.481 e. The molecule has 1 aromatic heterocycles. The minimum absolute atomic E-state index is 0.0815. The zero-order chi connectivity index (χ0) is 17.4. The molecule has 2 atom stereocenters. The molecule has 2 N–H and O–H groups in total. The number of nitrogens with one attached hydrogen (secondary N) is 1. The topological polar surface area (TPSA) is 130 Å². The molecule has 1 fully saturated rings. The highest BCUT2D eigenvalue weighted by molar-refractivity contribution is 7.89. The molecular formula is C13H19N3O6S. The second-order valence-corrected chi connectivity index (χ2v) is 7.26. The van der Waals surface area contributed by atoms with Crippen molar-refractivity contribution in [2.45, 2.75) is 38.1 Å². The molecule has 0 aromatic carbocycles. The summed E-state index contributed by atoms with van der Waals surface area (Å²) in [7, 11) is -3.95. The van der Waals surface area contributed by atoms with Crippen LogP contribution in [0.2, 0.25) is 0 Å². The normalized spacial score (nSPS) is 19.8. The molecule has 2 unspecified atom stereocenters. The molecule has 1 aliphatic heterocycles. The van der Waals surface area contributed by atoms with E-state index in [9.17, 15) is 18.0 Å². The Morgan fingerprint density at radius 1 is 1.43 bits per heavy atom. The van der Waals surface area contributed by atoms with Gasteiger partial charge in [-0.1, -0.05) is 5.16 Å². The highest BCUT2D eigenvalue weighted by Crippen LogP contribution is 2.20. The third-order valence-corrected chi connectivity index (χ3v) is 5.57. The molecule has 9 nitrogen and oxygen atoms in total. The predicted octanol–water partition coefficient (Wildman–Crippen LogP) is -0.109. The van der Waals surface area contributed by atoms with Crippen molar-refractivity contribution in [2.24, 2.45) is 5.92 Å². The molecular weight excluding hydrogens is 326 g/mol. The molecule has 23 heavy (non-hydrogen) atoms. The second kappa shape index (κ2) is 6.28. The maximum Gasteiger partial charge on any atom is 0.308 e. The fraction of sp³-hybridized carbons (Fsp3) is 0.615. The van der Waals surface area contributed by atoms with E-state index in [0.717, 1.165) is 0 Å². The zero-order valence-electron chi connectivity index (χ0n) is 13.1. The maximum absolute atomic E-state index is 12.4. The average Bonchev–Trinajstić information content (AvgIpc) is 3.04. The minimum atomic E-state index is -3.95. The zero-order valence-corrected chi connectivity index (χ0v) is 13.9. The molecule has 2 rings (SSSR count). The fourth-order valence-corrected chi connectivity index (χ4v) is 4.16. The lowest BCUT2D eigenvalue weighted by atomic mass is 10.1. The number of aryl methyl sites for hydroxylation is 2. The summed E-state index contributed by atoms with van der Waals surface area (Å²) in [6, 6.07) is -1.01. The van der Waals surface area contributed by atoms with Crippen LogP contribution in [0.3, 0.4) is 0 Å². The van der Waals surface area contributed by atoms with Crippen molar-refractivity contribution in [2.75, 3.05) is 13.1 Å². The lowest BCUT2D eigenvalue weighted by molar-refractivity contribution is -0.141. The number of hydrogen-bond donors (Lipinski definition) is 2. The van der Waals surface area contributed by atoms with E-state index in [0.29, 0.717) is 13.0 Å². The summed E-state index contributed by atoms with van der Waals surface area (Å²) in [5.41, 5.74) is 0.210. The predicted molar refractivity (Wildman–Crippen MR) is 78.1 cm³/mol. The molecule has 1 saturated heterocycles. The first-order chi connectivity index (χ1) is 10.6. The van der Waals surface area contributed by atoms with Crippen LogP contribution in [-0.4, -0.2) is 54.6 Å². The standard InChI is InChI=1S/C13H19N3O6S/c1-7-11(9(3)22-14-7)23(20,21)15-8(2)12(17)16-5-4-10(6-16)13(18)19/h8,10,15H,4-6H2,1-3H3,(H,18,19). The van der Waals surface area contributed by atoms with Crippen LogP contribution < -0.4 is 4.72 Å². The van der Waals surface area contributed by atoms with E-state index in [-0.39, 0.29) is 22.9 Å². The number of amides is 1. The first kappa shape index (κ1) is 17.4. The number of carbonyl (C=O) groups is 2. The van der Waals surface area contributed by atoms with Gasteiger partial charge in [0.15, 0.2) is 5.76 Å². The summed E-state index contributed by atoms with van der Waals surface area (Å²) < 4.78 is 31.9. The summed E-state index contributed by atoms with van der Waals surface area (Å²) in [5, 5.41) is 12.5. The lowest BCUT2D eigenvalue weighted by Crippen LogP contribution is -2.46. The van der Waals surface area contributed by atoms with Gasteiger partial charge >= 0.3 is 5.97 Å². The van der Waals surface area contributed by atoms with Crippen molar-refractivity contribution in [3.63, 3.8) is 0 Å². The largest absolute Gasteiger partial charge is 0.481 e. The number of sulfonamides is 1. The lowest BCUT2D eigenvalue weighted by Gasteiger charge is -2.21. The van der Waals surface area contributed by atoms with Crippen LogP contribution in [0.15, 0.2) is 9.42 Å². The van der Waals surface area contributed by atoms with Crippen LogP contribution in [0, 0.1) is 19.8 Å². The van der Waals surface area contributed by atoms with Crippen LogP contribution in [-0.2, 0) is 19.6 Å². The van der Waals surface area contributed by atoms with Gasteiger partial charge in [-0.25, -0.2) is 8.42 Å². The van der Waals surface area contributed by atoms with Gasteiger partial charge in [0.1, 0.15) is 10.6 Å². The van der Waals surface area contributed by atoms with Crippen molar-refractivity contribution in [1.82, 2.24) is 14.8 Å². The van der Waals surface area contributed by atoms with Crippen molar-refractivity contribution in [3.8, 4) is 0 Å². The van der Waals surface area contributed by atoms with Gasteiger partial charge in [0, 0.05) is 13.1 Å². The fourth-order valence-electron chi connectivity index (χ4n) is 2.64. The van der Waals surface area contributed by atoms with Gasteiger partial charge in [0.25, 0.3) is 0 Å². The number of aliphatic carboxylic acids is 1. The summed E-state index contributed by atoms with van der Waals surface area (Å²) in [5.74, 6) is -1.87. The number of carboxylic acid groups (broad SMARTS) is 1. The van der Waals surface area contributed by atoms with E-state index in [4.69, 9.17) is 9.63 Å².